The topological polar surface area (TPSA) is 85.9 Å². The SMILES string of the molecule is CCn1cnnc1CNc1cc(C)ccc1[N+](=O)[O-]. The highest BCUT2D eigenvalue weighted by Crippen LogP contribution is 2.25. The lowest BCUT2D eigenvalue weighted by molar-refractivity contribution is -0.384. The highest BCUT2D eigenvalue weighted by molar-refractivity contribution is 5.62. The first kappa shape index (κ1) is 13.0. The first-order valence-corrected chi connectivity index (χ1v) is 5.97. The Hall–Kier alpha value is -2.44. The molecule has 100 valence electrons. The van der Waals surface area contributed by atoms with E-state index in [1.54, 1.807) is 18.5 Å². The Labute approximate surface area is 110 Å². The van der Waals surface area contributed by atoms with Crippen LogP contribution in [0.4, 0.5) is 11.4 Å². The Morgan fingerprint density at radius 2 is 2.26 bits per heavy atom. The van der Waals surface area contributed by atoms with Gasteiger partial charge in [-0.3, -0.25) is 10.1 Å². The lowest BCUT2D eigenvalue weighted by atomic mass is 10.2. The molecule has 0 saturated carbocycles. The van der Waals surface area contributed by atoms with E-state index in [1.165, 1.54) is 6.07 Å². The Kier molecular flexibility index (Phi) is 3.74. The molecule has 0 fully saturated rings. The number of hydrogen-bond donors (Lipinski definition) is 1. The molecule has 0 saturated heterocycles. The van der Waals surface area contributed by atoms with Gasteiger partial charge in [0, 0.05) is 12.6 Å². The first-order chi connectivity index (χ1) is 9.11. The molecule has 2 aromatic rings. The molecule has 0 bridgehead atoms. The average molecular weight is 261 g/mol. The van der Waals surface area contributed by atoms with Crippen molar-refractivity contribution in [2.45, 2.75) is 26.9 Å². The van der Waals surface area contributed by atoms with E-state index in [0.29, 0.717) is 12.2 Å². The van der Waals surface area contributed by atoms with Gasteiger partial charge in [0.25, 0.3) is 5.69 Å². The molecule has 7 nitrogen and oxygen atoms in total. The van der Waals surface area contributed by atoms with Crippen molar-refractivity contribution in [2.75, 3.05) is 5.32 Å². The molecule has 1 aromatic carbocycles. The van der Waals surface area contributed by atoms with Gasteiger partial charge >= 0.3 is 0 Å². The molecule has 0 unspecified atom stereocenters. The van der Waals surface area contributed by atoms with Crippen molar-refractivity contribution >= 4 is 11.4 Å². The number of rotatable bonds is 5. The van der Waals surface area contributed by atoms with Crippen LogP contribution in [0.25, 0.3) is 0 Å². The third-order valence-electron chi connectivity index (χ3n) is 2.82. The standard InChI is InChI=1S/C12H15N5O2/c1-3-16-8-14-15-12(16)7-13-10-6-9(2)4-5-11(10)17(18)19/h4-6,8,13H,3,7H2,1-2H3. The highest BCUT2D eigenvalue weighted by Gasteiger charge is 2.13. The molecule has 7 heteroatoms. The van der Waals surface area contributed by atoms with Crippen molar-refractivity contribution in [1.29, 1.82) is 0 Å². The van der Waals surface area contributed by atoms with E-state index in [9.17, 15) is 10.1 Å². The molecule has 0 amide bonds. The zero-order chi connectivity index (χ0) is 13.8. The summed E-state index contributed by atoms with van der Waals surface area (Å²) >= 11 is 0. The van der Waals surface area contributed by atoms with Gasteiger partial charge < -0.3 is 9.88 Å². The minimum Gasteiger partial charge on any atom is -0.372 e. The quantitative estimate of drug-likeness (QED) is 0.658. The van der Waals surface area contributed by atoms with Crippen LogP contribution < -0.4 is 5.32 Å². The molecule has 1 aromatic heterocycles. The maximum absolute atomic E-state index is 10.9. The summed E-state index contributed by atoms with van der Waals surface area (Å²) in [6, 6.07) is 4.98. The van der Waals surface area contributed by atoms with E-state index in [2.05, 4.69) is 15.5 Å². The van der Waals surface area contributed by atoms with Crippen LogP contribution in [0, 0.1) is 17.0 Å². The smallest absolute Gasteiger partial charge is 0.292 e. The molecule has 2 rings (SSSR count). The molecule has 0 atom stereocenters. The van der Waals surface area contributed by atoms with E-state index in [1.807, 2.05) is 18.4 Å². The van der Waals surface area contributed by atoms with Gasteiger partial charge in [-0.1, -0.05) is 6.07 Å². The number of aromatic nitrogens is 3. The van der Waals surface area contributed by atoms with E-state index >= 15 is 0 Å². The number of aryl methyl sites for hydroxylation is 2. The number of anilines is 1. The summed E-state index contributed by atoms with van der Waals surface area (Å²) < 4.78 is 1.88. The Morgan fingerprint density at radius 1 is 1.47 bits per heavy atom. The number of nitro benzene ring substituents is 1. The average Bonchev–Trinajstić information content (AvgIpc) is 2.83. The van der Waals surface area contributed by atoms with Gasteiger partial charge in [-0.15, -0.1) is 10.2 Å². The van der Waals surface area contributed by atoms with Gasteiger partial charge in [-0.05, 0) is 25.5 Å². The fourth-order valence-electron chi connectivity index (χ4n) is 1.80. The molecule has 19 heavy (non-hydrogen) atoms. The number of nitrogens with zero attached hydrogens (tertiary/aromatic N) is 4. The van der Waals surface area contributed by atoms with Crippen LogP contribution in [0.5, 0.6) is 0 Å². The Morgan fingerprint density at radius 3 is 2.95 bits per heavy atom. The van der Waals surface area contributed by atoms with Gasteiger partial charge in [-0.2, -0.15) is 0 Å². The van der Waals surface area contributed by atoms with Crippen molar-refractivity contribution in [3.05, 3.63) is 46.0 Å². The van der Waals surface area contributed by atoms with E-state index < -0.39 is 4.92 Å². The fraction of sp³-hybridized carbons (Fsp3) is 0.333. The van der Waals surface area contributed by atoms with Crippen LogP contribution in [0.2, 0.25) is 0 Å². The van der Waals surface area contributed by atoms with Gasteiger partial charge in [0.1, 0.15) is 12.0 Å². The molecular weight excluding hydrogens is 246 g/mol. The number of nitrogens with one attached hydrogen (secondary N) is 1. The first-order valence-electron chi connectivity index (χ1n) is 5.97. The minimum absolute atomic E-state index is 0.0631. The zero-order valence-electron chi connectivity index (χ0n) is 10.8. The second-order valence-corrected chi connectivity index (χ2v) is 4.16. The summed E-state index contributed by atoms with van der Waals surface area (Å²) in [6.45, 7) is 5.05. The fourth-order valence-corrected chi connectivity index (χ4v) is 1.80. The van der Waals surface area contributed by atoms with Crippen molar-refractivity contribution in [3.63, 3.8) is 0 Å². The molecule has 0 aliphatic carbocycles. The van der Waals surface area contributed by atoms with E-state index in [4.69, 9.17) is 0 Å². The second kappa shape index (κ2) is 5.47. The van der Waals surface area contributed by atoms with E-state index in [0.717, 1.165) is 17.9 Å². The van der Waals surface area contributed by atoms with Crippen LogP contribution in [-0.2, 0) is 13.1 Å². The Balaban J connectivity index is 2.19. The lowest BCUT2D eigenvalue weighted by Gasteiger charge is -2.08. The summed E-state index contributed by atoms with van der Waals surface area (Å²) in [5.41, 5.74) is 1.52. The van der Waals surface area contributed by atoms with Gasteiger partial charge in [0.05, 0.1) is 11.5 Å². The molecular formula is C12H15N5O2. The van der Waals surface area contributed by atoms with Crippen molar-refractivity contribution in [2.24, 2.45) is 0 Å². The van der Waals surface area contributed by atoms with Crippen LogP contribution in [0.15, 0.2) is 24.5 Å². The van der Waals surface area contributed by atoms with Crippen molar-refractivity contribution in [3.8, 4) is 0 Å². The highest BCUT2D eigenvalue weighted by atomic mass is 16.6. The molecule has 0 radical (unpaired) electrons. The monoisotopic (exact) mass is 261 g/mol. The van der Waals surface area contributed by atoms with E-state index in [-0.39, 0.29) is 5.69 Å². The normalized spacial score (nSPS) is 10.4. The summed E-state index contributed by atoms with van der Waals surface area (Å²) in [6.07, 6.45) is 1.64. The summed E-state index contributed by atoms with van der Waals surface area (Å²) in [7, 11) is 0. The molecule has 1 heterocycles. The summed E-state index contributed by atoms with van der Waals surface area (Å²) in [5, 5.41) is 21.8. The molecule has 0 spiro atoms. The lowest BCUT2D eigenvalue weighted by Crippen LogP contribution is -2.08. The Bertz CT molecular complexity index is 594. The third kappa shape index (κ3) is 2.87. The molecule has 0 aliphatic heterocycles. The van der Waals surface area contributed by atoms with Gasteiger partial charge in [0.15, 0.2) is 5.82 Å². The van der Waals surface area contributed by atoms with Crippen LogP contribution >= 0.6 is 0 Å². The second-order valence-electron chi connectivity index (χ2n) is 4.16. The summed E-state index contributed by atoms with van der Waals surface area (Å²) in [4.78, 5) is 10.6. The maximum atomic E-state index is 10.9. The number of hydrogen-bond acceptors (Lipinski definition) is 5. The molecule has 0 aliphatic rings. The van der Waals surface area contributed by atoms with Crippen LogP contribution in [0.1, 0.15) is 18.3 Å². The number of nitro groups is 1. The maximum Gasteiger partial charge on any atom is 0.292 e. The van der Waals surface area contributed by atoms with Crippen molar-refractivity contribution in [1.82, 2.24) is 14.8 Å². The predicted molar refractivity (Wildman–Crippen MR) is 70.9 cm³/mol. The molecule has 1 N–H and O–H groups in total. The largest absolute Gasteiger partial charge is 0.372 e. The summed E-state index contributed by atoms with van der Waals surface area (Å²) in [5.74, 6) is 0.748. The van der Waals surface area contributed by atoms with Gasteiger partial charge in [-0.25, -0.2) is 0 Å². The zero-order valence-corrected chi connectivity index (χ0v) is 10.8. The van der Waals surface area contributed by atoms with Crippen LogP contribution in [-0.4, -0.2) is 19.7 Å². The third-order valence-corrected chi connectivity index (χ3v) is 2.82. The predicted octanol–water partition coefficient (Wildman–Crippen LogP) is 2.13. The van der Waals surface area contributed by atoms with Crippen LogP contribution in [0.3, 0.4) is 0 Å². The van der Waals surface area contributed by atoms with Gasteiger partial charge in [0.2, 0.25) is 0 Å². The van der Waals surface area contributed by atoms with Crippen molar-refractivity contribution < 1.29 is 4.92 Å². The number of benzene rings is 1. The minimum atomic E-state index is -0.397.